The number of H-pyrrole nitrogens is 1. The first-order valence-electron chi connectivity index (χ1n) is 9.26. The Balaban J connectivity index is 1.48. The molecule has 0 saturated heterocycles. The molecular weight excluding hydrogens is 322 g/mol. The van der Waals surface area contributed by atoms with E-state index >= 15 is 0 Å². The highest BCUT2D eigenvalue weighted by molar-refractivity contribution is 5.79. The van der Waals surface area contributed by atoms with Gasteiger partial charge in [-0.3, -0.25) is 0 Å². The van der Waals surface area contributed by atoms with Gasteiger partial charge in [0.1, 0.15) is 5.82 Å². The van der Waals surface area contributed by atoms with Gasteiger partial charge in [0.15, 0.2) is 5.96 Å². The lowest BCUT2D eigenvalue weighted by Gasteiger charge is -2.11. The van der Waals surface area contributed by atoms with E-state index in [1.54, 1.807) is 0 Å². The standard InChI is InChI=1S/C21H27N5/c1-3-22-21(24-15-17-12-10-16(2)11-13-17)23-14-6-9-20-25-18-7-4-5-8-19(18)26-20/h4-5,7-8,10-13H,3,6,9,14-15H2,1-2H3,(H,25,26)(H2,22,23,24). The van der Waals surface area contributed by atoms with Gasteiger partial charge in [-0.05, 0) is 38.0 Å². The van der Waals surface area contributed by atoms with Crippen molar-refractivity contribution in [2.24, 2.45) is 4.99 Å². The first-order chi connectivity index (χ1) is 12.7. The predicted molar refractivity (Wildman–Crippen MR) is 108 cm³/mol. The van der Waals surface area contributed by atoms with Crippen molar-refractivity contribution in [1.82, 2.24) is 20.6 Å². The van der Waals surface area contributed by atoms with Crippen LogP contribution in [-0.2, 0) is 13.0 Å². The van der Waals surface area contributed by atoms with Crippen LogP contribution in [-0.4, -0.2) is 29.0 Å². The summed E-state index contributed by atoms with van der Waals surface area (Å²) in [4.78, 5) is 12.7. The van der Waals surface area contributed by atoms with Crippen LogP contribution in [0.15, 0.2) is 53.5 Å². The zero-order chi connectivity index (χ0) is 18.2. The highest BCUT2D eigenvalue weighted by Gasteiger charge is 2.02. The fourth-order valence-electron chi connectivity index (χ4n) is 2.79. The Morgan fingerprint density at radius 3 is 2.65 bits per heavy atom. The molecule has 0 atom stereocenters. The molecule has 26 heavy (non-hydrogen) atoms. The zero-order valence-corrected chi connectivity index (χ0v) is 15.5. The van der Waals surface area contributed by atoms with E-state index in [1.165, 1.54) is 11.1 Å². The van der Waals surface area contributed by atoms with Crippen LogP contribution in [0, 0.1) is 6.92 Å². The third kappa shape index (κ3) is 5.09. The van der Waals surface area contributed by atoms with Gasteiger partial charge in [-0.25, -0.2) is 9.98 Å². The van der Waals surface area contributed by atoms with Gasteiger partial charge in [0.2, 0.25) is 0 Å². The second-order valence-electron chi connectivity index (χ2n) is 6.41. The highest BCUT2D eigenvalue weighted by atomic mass is 15.2. The third-order valence-corrected chi connectivity index (χ3v) is 4.21. The fraction of sp³-hybridized carbons (Fsp3) is 0.333. The van der Waals surface area contributed by atoms with Gasteiger partial charge in [-0.2, -0.15) is 0 Å². The van der Waals surface area contributed by atoms with Crippen molar-refractivity contribution in [2.75, 3.05) is 13.1 Å². The van der Waals surface area contributed by atoms with Crippen molar-refractivity contribution in [1.29, 1.82) is 0 Å². The number of aromatic amines is 1. The van der Waals surface area contributed by atoms with E-state index in [-0.39, 0.29) is 0 Å². The summed E-state index contributed by atoms with van der Waals surface area (Å²) in [6.45, 7) is 6.57. The molecule has 3 rings (SSSR count). The Morgan fingerprint density at radius 1 is 1.08 bits per heavy atom. The van der Waals surface area contributed by atoms with Gasteiger partial charge in [0.05, 0.1) is 17.6 Å². The van der Waals surface area contributed by atoms with Crippen molar-refractivity contribution >= 4 is 17.0 Å². The number of aromatic nitrogens is 2. The van der Waals surface area contributed by atoms with Gasteiger partial charge in [0, 0.05) is 19.5 Å². The van der Waals surface area contributed by atoms with Gasteiger partial charge >= 0.3 is 0 Å². The number of hydrogen-bond donors (Lipinski definition) is 3. The first kappa shape index (κ1) is 18.0. The number of imidazole rings is 1. The molecule has 1 heterocycles. The summed E-state index contributed by atoms with van der Waals surface area (Å²) in [5.74, 6) is 1.90. The van der Waals surface area contributed by atoms with Gasteiger partial charge in [0.25, 0.3) is 0 Å². The number of nitrogens with zero attached hydrogens (tertiary/aromatic N) is 2. The highest BCUT2D eigenvalue weighted by Crippen LogP contribution is 2.11. The molecule has 5 nitrogen and oxygen atoms in total. The number of rotatable bonds is 7. The molecule has 0 aliphatic heterocycles. The van der Waals surface area contributed by atoms with Crippen LogP contribution in [0.3, 0.4) is 0 Å². The minimum Gasteiger partial charge on any atom is -0.357 e. The number of para-hydroxylation sites is 2. The number of aliphatic imine (C=N–C) groups is 1. The SMILES string of the molecule is CCNC(=NCc1ccc(C)cc1)NCCCc1nc2ccccc2[nH]1. The van der Waals surface area contributed by atoms with Crippen molar-refractivity contribution in [2.45, 2.75) is 33.2 Å². The fourth-order valence-corrected chi connectivity index (χ4v) is 2.79. The maximum Gasteiger partial charge on any atom is 0.191 e. The van der Waals surface area contributed by atoms with Crippen molar-refractivity contribution < 1.29 is 0 Å². The van der Waals surface area contributed by atoms with Gasteiger partial charge in [-0.1, -0.05) is 42.0 Å². The molecule has 2 aromatic carbocycles. The van der Waals surface area contributed by atoms with E-state index < -0.39 is 0 Å². The Morgan fingerprint density at radius 2 is 1.88 bits per heavy atom. The van der Waals surface area contributed by atoms with E-state index in [0.29, 0.717) is 6.54 Å². The first-order valence-corrected chi connectivity index (χ1v) is 9.26. The minimum atomic E-state index is 0.680. The summed E-state index contributed by atoms with van der Waals surface area (Å²) in [5, 5.41) is 6.70. The van der Waals surface area contributed by atoms with Crippen LogP contribution < -0.4 is 10.6 Å². The molecule has 0 saturated carbocycles. The Hall–Kier alpha value is -2.82. The summed E-state index contributed by atoms with van der Waals surface area (Å²) in [6, 6.07) is 16.6. The summed E-state index contributed by atoms with van der Waals surface area (Å²) >= 11 is 0. The molecule has 0 fully saturated rings. The van der Waals surface area contributed by atoms with Crippen LogP contribution in [0.25, 0.3) is 11.0 Å². The maximum atomic E-state index is 4.66. The molecule has 0 bridgehead atoms. The molecule has 136 valence electrons. The minimum absolute atomic E-state index is 0.680. The van der Waals surface area contributed by atoms with E-state index in [0.717, 1.165) is 48.7 Å². The lowest BCUT2D eigenvalue weighted by atomic mass is 10.1. The average molecular weight is 349 g/mol. The normalized spacial score (nSPS) is 11.7. The van der Waals surface area contributed by atoms with Crippen LogP contribution in [0.1, 0.15) is 30.3 Å². The van der Waals surface area contributed by atoms with Crippen molar-refractivity contribution in [3.63, 3.8) is 0 Å². The van der Waals surface area contributed by atoms with Crippen LogP contribution in [0.5, 0.6) is 0 Å². The zero-order valence-electron chi connectivity index (χ0n) is 15.5. The second-order valence-corrected chi connectivity index (χ2v) is 6.41. The van der Waals surface area contributed by atoms with Gasteiger partial charge in [-0.15, -0.1) is 0 Å². The smallest absolute Gasteiger partial charge is 0.191 e. The Kier molecular flexibility index (Phi) is 6.25. The van der Waals surface area contributed by atoms with E-state index in [1.807, 2.05) is 18.2 Å². The topological polar surface area (TPSA) is 65.1 Å². The molecule has 0 spiro atoms. The monoisotopic (exact) mass is 349 g/mol. The van der Waals surface area contributed by atoms with E-state index in [4.69, 9.17) is 0 Å². The largest absolute Gasteiger partial charge is 0.357 e. The lowest BCUT2D eigenvalue weighted by molar-refractivity contribution is 0.727. The van der Waals surface area contributed by atoms with Crippen molar-refractivity contribution in [3.8, 4) is 0 Å². The summed E-state index contributed by atoms with van der Waals surface area (Å²) < 4.78 is 0. The maximum absolute atomic E-state index is 4.66. The third-order valence-electron chi connectivity index (χ3n) is 4.21. The summed E-state index contributed by atoms with van der Waals surface area (Å²) in [5.41, 5.74) is 4.62. The molecule has 0 radical (unpaired) electrons. The van der Waals surface area contributed by atoms with E-state index in [2.05, 4.69) is 69.8 Å². The quantitative estimate of drug-likeness (QED) is 0.347. The molecule has 3 N–H and O–H groups in total. The average Bonchev–Trinajstić information content (AvgIpc) is 3.07. The number of aryl methyl sites for hydroxylation is 2. The molecule has 0 unspecified atom stereocenters. The Labute approximate surface area is 155 Å². The molecule has 1 aromatic heterocycles. The molecular formula is C21H27N5. The van der Waals surface area contributed by atoms with Crippen LogP contribution in [0.2, 0.25) is 0 Å². The Bertz CT molecular complexity index is 815. The molecule has 0 aliphatic rings. The van der Waals surface area contributed by atoms with Gasteiger partial charge < -0.3 is 15.6 Å². The number of nitrogens with one attached hydrogen (secondary N) is 3. The molecule has 0 amide bonds. The number of benzene rings is 2. The number of guanidine groups is 1. The lowest BCUT2D eigenvalue weighted by Crippen LogP contribution is -2.37. The summed E-state index contributed by atoms with van der Waals surface area (Å²) in [6.07, 6.45) is 1.91. The van der Waals surface area contributed by atoms with Crippen LogP contribution >= 0.6 is 0 Å². The number of fused-ring (bicyclic) bond motifs is 1. The van der Waals surface area contributed by atoms with Crippen molar-refractivity contribution in [3.05, 3.63) is 65.5 Å². The van der Waals surface area contributed by atoms with Crippen LogP contribution in [0.4, 0.5) is 0 Å². The van der Waals surface area contributed by atoms with E-state index in [9.17, 15) is 0 Å². The predicted octanol–water partition coefficient (Wildman–Crippen LogP) is 3.56. The summed E-state index contributed by atoms with van der Waals surface area (Å²) in [7, 11) is 0. The number of hydrogen-bond acceptors (Lipinski definition) is 2. The molecule has 5 heteroatoms. The molecule has 3 aromatic rings. The second kappa shape index (κ2) is 9.04. The molecule has 0 aliphatic carbocycles.